The van der Waals surface area contributed by atoms with Crippen LogP contribution in [0.2, 0.25) is 0 Å². The van der Waals surface area contributed by atoms with Crippen molar-refractivity contribution in [2.24, 2.45) is 0 Å². The van der Waals surface area contributed by atoms with Crippen molar-refractivity contribution in [1.29, 1.82) is 0 Å². The minimum absolute atomic E-state index is 0.293. The highest BCUT2D eigenvalue weighted by molar-refractivity contribution is 7.12. The molecule has 2 heterocycles. The van der Waals surface area contributed by atoms with Crippen molar-refractivity contribution >= 4 is 11.3 Å². The highest BCUT2D eigenvalue weighted by atomic mass is 32.1. The highest BCUT2D eigenvalue weighted by Gasteiger charge is 2.30. The third-order valence-electron chi connectivity index (χ3n) is 3.71. The van der Waals surface area contributed by atoms with Gasteiger partial charge in [0.25, 0.3) is 0 Å². The zero-order chi connectivity index (χ0) is 13.2. The molecule has 1 atom stereocenters. The minimum atomic E-state index is -0.592. The Morgan fingerprint density at radius 2 is 2.11 bits per heavy atom. The standard InChI is InChI=1S/C14H23NO2S/c1-10-8-13(12(3)18-10)11(2)15-9-14(16)4-6-17-7-5-14/h8,11,15-16H,4-7,9H2,1-3H3. The number of aryl methyl sites for hydroxylation is 2. The molecule has 3 nitrogen and oxygen atoms in total. The van der Waals surface area contributed by atoms with E-state index in [-0.39, 0.29) is 0 Å². The van der Waals surface area contributed by atoms with Gasteiger partial charge < -0.3 is 15.2 Å². The van der Waals surface area contributed by atoms with E-state index in [2.05, 4.69) is 32.2 Å². The summed E-state index contributed by atoms with van der Waals surface area (Å²) in [6.45, 7) is 8.45. The molecule has 1 fully saturated rings. The van der Waals surface area contributed by atoms with E-state index in [4.69, 9.17) is 4.74 Å². The molecule has 1 aromatic heterocycles. The van der Waals surface area contributed by atoms with Crippen LogP contribution in [0.4, 0.5) is 0 Å². The Bertz CT molecular complexity index is 396. The van der Waals surface area contributed by atoms with Crippen molar-refractivity contribution < 1.29 is 9.84 Å². The Hall–Kier alpha value is -0.420. The van der Waals surface area contributed by atoms with Gasteiger partial charge in [-0.05, 0) is 32.4 Å². The van der Waals surface area contributed by atoms with Gasteiger partial charge in [0.05, 0.1) is 5.60 Å². The Morgan fingerprint density at radius 1 is 1.44 bits per heavy atom. The largest absolute Gasteiger partial charge is 0.388 e. The first-order chi connectivity index (χ1) is 8.50. The lowest BCUT2D eigenvalue weighted by molar-refractivity contribution is -0.0626. The van der Waals surface area contributed by atoms with Gasteiger partial charge >= 0.3 is 0 Å². The Labute approximate surface area is 113 Å². The van der Waals surface area contributed by atoms with Crippen LogP contribution in [0.1, 0.15) is 41.1 Å². The minimum Gasteiger partial charge on any atom is -0.388 e. The van der Waals surface area contributed by atoms with E-state index in [9.17, 15) is 5.11 Å². The van der Waals surface area contributed by atoms with Gasteiger partial charge in [-0.3, -0.25) is 0 Å². The van der Waals surface area contributed by atoms with E-state index in [0.717, 1.165) is 12.8 Å². The summed E-state index contributed by atoms with van der Waals surface area (Å²) in [6.07, 6.45) is 1.46. The number of nitrogens with one attached hydrogen (secondary N) is 1. The summed E-state index contributed by atoms with van der Waals surface area (Å²) in [5, 5.41) is 13.9. The van der Waals surface area contributed by atoms with Gasteiger partial charge in [-0.2, -0.15) is 0 Å². The van der Waals surface area contributed by atoms with E-state index >= 15 is 0 Å². The van der Waals surface area contributed by atoms with E-state index in [0.29, 0.717) is 25.8 Å². The van der Waals surface area contributed by atoms with Crippen LogP contribution in [0.5, 0.6) is 0 Å². The summed E-state index contributed by atoms with van der Waals surface area (Å²) in [4.78, 5) is 2.72. The molecule has 2 N–H and O–H groups in total. The van der Waals surface area contributed by atoms with Crippen LogP contribution in [0.25, 0.3) is 0 Å². The fourth-order valence-electron chi connectivity index (χ4n) is 2.46. The summed E-state index contributed by atoms with van der Waals surface area (Å²) in [5.41, 5.74) is 0.763. The Morgan fingerprint density at radius 3 is 2.67 bits per heavy atom. The molecule has 1 saturated heterocycles. The average Bonchev–Trinajstić information content (AvgIpc) is 2.67. The Balaban J connectivity index is 1.91. The molecule has 0 amide bonds. The van der Waals surface area contributed by atoms with Crippen LogP contribution in [0.15, 0.2) is 6.07 Å². The molecule has 0 radical (unpaired) electrons. The molecule has 0 aromatic carbocycles. The molecule has 0 saturated carbocycles. The first-order valence-electron chi connectivity index (χ1n) is 6.61. The predicted octanol–water partition coefficient (Wildman–Crippen LogP) is 2.56. The maximum absolute atomic E-state index is 10.4. The average molecular weight is 269 g/mol. The second-order valence-electron chi connectivity index (χ2n) is 5.31. The molecule has 1 unspecified atom stereocenters. The molecular weight excluding hydrogens is 246 g/mol. The lowest BCUT2D eigenvalue weighted by Crippen LogP contribution is -2.45. The first kappa shape index (κ1) is 14.0. The monoisotopic (exact) mass is 269 g/mol. The summed E-state index contributed by atoms with van der Waals surface area (Å²) >= 11 is 1.84. The highest BCUT2D eigenvalue weighted by Crippen LogP contribution is 2.27. The van der Waals surface area contributed by atoms with Gasteiger partial charge in [0.2, 0.25) is 0 Å². The molecule has 1 aliphatic heterocycles. The smallest absolute Gasteiger partial charge is 0.0815 e. The molecule has 0 spiro atoms. The molecule has 2 rings (SSSR count). The van der Waals surface area contributed by atoms with Gasteiger partial charge in [0.15, 0.2) is 0 Å². The number of hydrogen-bond acceptors (Lipinski definition) is 4. The van der Waals surface area contributed by atoms with Crippen LogP contribution in [-0.2, 0) is 4.74 Å². The second-order valence-corrected chi connectivity index (χ2v) is 6.77. The summed E-state index contributed by atoms with van der Waals surface area (Å²) in [5.74, 6) is 0. The third-order valence-corrected chi connectivity index (χ3v) is 4.69. The molecule has 1 aromatic rings. The topological polar surface area (TPSA) is 41.5 Å². The van der Waals surface area contributed by atoms with Crippen molar-refractivity contribution in [1.82, 2.24) is 5.32 Å². The van der Waals surface area contributed by atoms with E-state index in [1.165, 1.54) is 15.3 Å². The number of ether oxygens (including phenoxy) is 1. The quantitative estimate of drug-likeness (QED) is 0.882. The molecule has 1 aliphatic rings. The van der Waals surface area contributed by atoms with Crippen LogP contribution in [0, 0.1) is 13.8 Å². The van der Waals surface area contributed by atoms with Crippen LogP contribution in [0.3, 0.4) is 0 Å². The number of rotatable bonds is 4. The van der Waals surface area contributed by atoms with Gasteiger partial charge in [0.1, 0.15) is 0 Å². The van der Waals surface area contributed by atoms with Crippen molar-refractivity contribution in [3.63, 3.8) is 0 Å². The van der Waals surface area contributed by atoms with Crippen LogP contribution in [-0.4, -0.2) is 30.5 Å². The van der Waals surface area contributed by atoms with Gasteiger partial charge in [-0.15, -0.1) is 11.3 Å². The maximum Gasteiger partial charge on any atom is 0.0815 e. The van der Waals surface area contributed by atoms with Crippen LogP contribution >= 0.6 is 11.3 Å². The van der Waals surface area contributed by atoms with Crippen molar-refractivity contribution in [3.8, 4) is 0 Å². The zero-order valence-corrected chi connectivity index (χ0v) is 12.3. The van der Waals surface area contributed by atoms with Gasteiger partial charge in [0, 0.05) is 48.4 Å². The number of thiophene rings is 1. The SMILES string of the molecule is Cc1cc(C(C)NCC2(O)CCOCC2)c(C)s1. The van der Waals surface area contributed by atoms with Crippen molar-refractivity contribution in [3.05, 3.63) is 21.4 Å². The zero-order valence-electron chi connectivity index (χ0n) is 11.5. The van der Waals surface area contributed by atoms with Gasteiger partial charge in [-0.1, -0.05) is 0 Å². The van der Waals surface area contributed by atoms with Crippen molar-refractivity contribution in [2.45, 2.75) is 45.3 Å². The summed E-state index contributed by atoms with van der Waals surface area (Å²) < 4.78 is 5.29. The molecule has 4 heteroatoms. The molecule has 0 aliphatic carbocycles. The van der Waals surface area contributed by atoms with E-state index in [1.807, 2.05) is 11.3 Å². The van der Waals surface area contributed by atoms with Crippen molar-refractivity contribution in [2.75, 3.05) is 19.8 Å². The first-order valence-corrected chi connectivity index (χ1v) is 7.42. The summed E-state index contributed by atoms with van der Waals surface area (Å²) in [6, 6.07) is 2.54. The van der Waals surface area contributed by atoms with E-state index in [1.54, 1.807) is 0 Å². The predicted molar refractivity (Wildman–Crippen MR) is 75.2 cm³/mol. The Kier molecular flexibility index (Phi) is 4.43. The van der Waals surface area contributed by atoms with Crippen LogP contribution < -0.4 is 5.32 Å². The summed E-state index contributed by atoms with van der Waals surface area (Å²) in [7, 11) is 0. The molecule has 18 heavy (non-hydrogen) atoms. The fraction of sp³-hybridized carbons (Fsp3) is 0.714. The maximum atomic E-state index is 10.4. The lowest BCUT2D eigenvalue weighted by Gasteiger charge is -2.33. The number of hydrogen-bond donors (Lipinski definition) is 2. The molecule has 102 valence electrons. The normalized spacial score (nSPS) is 20.9. The molecule has 0 bridgehead atoms. The second kappa shape index (κ2) is 5.70. The third kappa shape index (κ3) is 3.32. The lowest BCUT2D eigenvalue weighted by atomic mass is 9.94. The van der Waals surface area contributed by atoms with E-state index < -0.39 is 5.60 Å². The molecular formula is C14H23NO2S. The number of aliphatic hydroxyl groups is 1. The fourth-order valence-corrected chi connectivity index (χ4v) is 3.48. The van der Waals surface area contributed by atoms with Gasteiger partial charge in [-0.25, -0.2) is 0 Å².